The van der Waals surface area contributed by atoms with E-state index in [4.69, 9.17) is 4.52 Å². The first kappa shape index (κ1) is 18.1. The van der Waals surface area contributed by atoms with E-state index < -0.39 is 0 Å². The molecule has 0 aliphatic rings. The van der Waals surface area contributed by atoms with Crippen LogP contribution in [0.2, 0.25) is 0 Å². The number of hydrogen-bond acceptors (Lipinski definition) is 5. The Morgan fingerprint density at radius 3 is 2.53 bits per heavy atom. The Bertz CT molecular complexity index is 1390. The van der Waals surface area contributed by atoms with Crippen LogP contribution in [0, 0.1) is 13.8 Å². The molecular formula is C23H19N5O2. The van der Waals surface area contributed by atoms with E-state index in [2.05, 4.69) is 21.3 Å². The molecule has 0 N–H and O–H groups in total. The van der Waals surface area contributed by atoms with Gasteiger partial charge in [0.05, 0.1) is 18.4 Å². The third-order valence-corrected chi connectivity index (χ3v) is 4.96. The number of aryl methyl sites for hydroxylation is 2. The third kappa shape index (κ3) is 3.20. The molecule has 2 aromatic carbocycles. The average molecular weight is 397 g/mol. The Morgan fingerprint density at radius 1 is 1.00 bits per heavy atom. The quantitative estimate of drug-likeness (QED) is 0.460. The van der Waals surface area contributed by atoms with Crippen molar-refractivity contribution in [3.05, 3.63) is 94.4 Å². The highest BCUT2D eigenvalue weighted by molar-refractivity contribution is 5.75. The topological polar surface area (TPSA) is 78.7 Å². The summed E-state index contributed by atoms with van der Waals surface area (Å²) in [7, 11) is 0. The largest absolute Gasteiger partial charge is 0.359 e. The Balaban J connectivity index is 1.49. The first-order valence-electron chi connectivity index (χ1n) is 9.61. The summed E-state index contributed by atoms with van der Waals surface area (Å²) in [5.74, 6) is 0.582. The maximum Gasteiger partial charge on any atom is 0.264 e. The fourth-order valence-corrected chi connectivity index (χ4v) is 3.62. The lowest BCUT2D eigenvalue weighted by Crippen LogP contribution is -2.20. The van der Waals surface area contributed by atoms with Crippen LogP contribution in [0.1, 0.15) is 16.9 Å². The van der Waals surface area contributed by atoms with E-state index >= 15 is 0 Å². The zero-order chi connectivity index (χ0) is 20.7. The maximum absolute atomic E-state index is 13.0. The molecule has 0 amide bonds. The lowest BCUT2D eigenvalue weighted by atomic mass is 10.1. The molecule has 0 unspecified atom stereocenters. The van der Waals surface area contributed by atoms with Crippen LogP contribution in [0.3, 0.4) is 0 Å². The van der Waals surface area contributed by atoms with Gasteiger partial charge in [-0.05, 0) is 37.1 Å². The third-order valence-electron chi connectivity index (χ3n) is 4.96. The van der Waals surface area contributed by atoms with Crippen molar-refractivity contribution >= 4 is 11.0 Å². The molecule has 0 fully saturated rings. The number of fused-ring (bicyclic) bond motifs is 1. The Hall–Kier alpha value is -4.00. The average Bonchev–Trinajstić information content (AvgIpc) is 3.38. The molecule has 0 aliphatic heterocycles. The van der Waals surface area contributed by atoms with Gasteiger partial charge in [-0.15, -0.1) is 0 Å². The summed E-state index contributed by atoms with van der Waals surface area (Å²) in [6.07, 6.45) is 3.09. The van der Waals surface area contributed by atoms with Gasteiger partial charge in [0.2, 0.25) is 0 Å². The summed E-state index contributed by atoms with van der Waals surface area (Å²) in [6.45, 7) is 4.31. The zero-order valence-corrected chi connectivity index (χ0v) is 16.6. The van der Waals surface area contributed by atoms with Crippen molar-refractivity contribution in [3.8, 4) is 16.9 Å². The van der Waals surface area contributed by atoms with Crippen molar-refractivity contribution in [2.75, 3.05) is 0 Å². The summed E-state index contributed by atoms with van der Waals surface area (Å²) >= 11 is 0. The SMILES string of the molecule is Cc1cc(C)cc(-n2ncc3c(=O)n(Cc4cc(-c5ccccc5)no4)cnc32)c1. The van der Waals surface area contributed by atoms with Crippen molar-refractivity contribution in [2.45, 2.75) is 20.4 Å². The normalized spacial score (nSPS) is 11.3. The lowest BCUT2D eigenvalue weighted by molar-refractivity contribution is 0.376. The fraction of sp³-hybridized carbons (Fsp3) is 0.130. The molecule has 0 spiro atoms. The molecule has 0 saturated carbocycles. The minimum Gasteiger partial charge on any atom is -0.359 e. The van der Waals surface area contributed by atoms with Gasteiger partial charge in [-0.2, -0.15) is 5.10 Å². The predicted molar refractivity (Wildman–Crippen MR) is 114 cm³/mol. The van der Waals surface area contributed by atoms with Crippen molar-refractivity contribution in [2.24, 2.45) is 0 Å². The molecule has 148 valence electrons. The van der Waals surface area contributed by atoms with Crippen LogP contribution in [-0.2, 0) is 6.54 Å². The van der Waals surface area contributed by atoms with E-state index in [0.717, 1.165) is 28.1 Å². The van der Waals surface area contributed by atoms with Gasteiger partial charge in [0.1, 0.15) is 17.4 Å². The van der Waals surface area contributed by atoms with Crippen molar-refractivity contribution in [1.82, 2.24) is 24.5 Å². The minimum absolute atomic E-state index is 0.173. The molecule has 0 saturated heterocycles. The molecule has 0 atom stereocenters. The molecule has 3 heterocycles. The lowest BCUT2D eigenvalue weighted by Gasteiger charge is -2.07. The molecular weight excluding hydrogens is 378 g/mol. The van der Waals surface area contributed by atoms with E-state index in [1.165, 1.54) is 10.9 Å². The van der Waals surface area contributed by atoms with Gasteiger partial charge in [-0.1, -0.05) is 41.6 Å². The van der Waals surface area contributed by atoms with Crippen LogP contribution in [-0.4, -0.2) is 24.5 Å². The number of nitrogens with zero attached hydrogens (tertiary/aromatic N) is 5. The fourth-order valence-electron chi connectivity index (χ4n) is 3.62. The van der Waals surface area contributed by atoms with Crippen molar-refractivity contribution in [3.63, 3.8) is 0 Å². The highest BCUT2D eigenvalue weighted by atomic mass is 16.5. The van der Waals surface area contributed by atoms with Gasteiger partial charge >= 0.3 is 0 Å². The number of rotatable bonds is 4. The van der Waals surface area contributed by atoms with Crippen LogP contribution in [0.25, 0.3) is 28.0 Å². The second kappa shape index (κ2) is 7.11. The highest BCUT2D eigenvalue weighted by Crippen LogP contribution is 2.20. The minimum atomic E-state index is -0.173. The van der Waals surface area contributed by atoms with Crippen molar-refractivity contribution < 1.29 is 4.52 Å². The number of benzene rings is 2. The van der Waals surface area contributed by atoms with E-state index in [1.807, 2.05) is 62.4 Å². The highest BCUT2D eigenvalue weighted by Gasteiger charge is 2.14. The smallest absolute Gasteiger partial charge is 0.264 e. The predicted octanol–water partition coefficient (Wildman–Crippen LogP) is 3.90. The maximum atomic E-state index is 13.0. The number of aromatic nitrogens is 5. The van der Waals surface area contributed by atoms with Crippen LogP contribution in [0.4, 0.5) is 0 Å². The Kier molecular flexibility index (Phi) is 4.28. The zero-order valence-electron chi connectivity index (χ0n) is 16.6. The van der Waals surface area contributed by atoms with Gasteiger partial charge in [-0.25, -0.2) is 9.67 Å². The molecule has 7 nitrogen and oxygen atoms in total. The van der Waals surface area contributed by atoms with E-state index in [0.29, 0.717) is 16.8 Å². The summed E-state index contributed by atoms with van der Waals surface area (Å²) in [5.41, 5.74) is 5.19. The van der Waals surface area contributed by atoms with Crippen LogP contribution >= 0.6 is 0 Å². The summed E-state index contributed by atoms with van der Waals surface area (Å²) < 4.78 is 8.64. The van der Waals surface area contributed by atoms with Crippen molar-refractivity contribution in [1.29, 1.82) is 0 Å². The van der Waals surface area contributed by atoms with Gasteiger partial charge in [0.25, 0.3) is 5.56 Å². The standard InChI is InChI=1S/C23H19N5O2/c1-15-8-16(2)10-18(9-15)28-22-20(12-25-28)23(29)27(14-24-22)13-19-11-21(26-30-19)17-6-4-3-5-7-17/h3-12,14H,13H2,1-2H3. The van der Waals surface area contributed by atoms with Gasteiger partial charge in [0, 0.05) is 11.6 Å². The monoisotopic (exact) mass is 397 g/mol. The summed E-state index contributed by atoms with van der Waals surface area (Å²) in [4.78, 5) is 17.5. The van der Waals surface area contributed by atoms with Crippen LogP contribution < -0.4 is 5.56 Å². The molecule has 0 aliphatic carbocycles. The van der Waals surface area contributed by atoms with E-state index in [1.54, 1.807) is 10.9 Å². The first-order valence-corrected chi connectivity index (χ1v) is 9.61. The van der Waals surface area contributed by atoms with Gasteiger partial charge < -0.3 is 4.52 Å². The molecule has 0 bridgehead atoms. The van der Waals surface area contributed by atoms with E-state index in [-0.39, 0.29) is 12.1 Å². The summed E-state index contributed by atoms with van der Waals surface area (Å²) in [5, 5.41) is 8.97. The molecule has 3 aromatic heterocycles. The number of hydrogen-bond donors (Lipinski definition) is 0. The second-order valence-electron chi connectivity index (χ2n) is 7.36. The molecule has 5 aromatic rings. The van der Waals surface area contributed by atoms with Crippen LogP contribution in [0.5, 0.6) is 0 Å². The Morgan fingerprint density at radius 2 is 1.77 bits per heavy atom. The molecule has 7 heteroatoms. The van der Waals surface area contributed by atoms with Crippen LogP contribution in [0.15, 0.2) is 76.4 Å². The van der Waals surface area contributed by atoms with Gasteiger partial charge in [-0.3, -0.25) is 9.36 Å². The second-order valence-corrected chi connectivity index (χ2v) is 7.36. The van der Waals surface area contributed by atoms with Gasteiger partial charge in [0.15, 0.2) is 11.4 Å². The molecule has 0 radical (unpaired) electrons. The molecule has 30 heavy (non-hydrogen) atoms. The first-order chi connectivity index (χ1) is 14.6. The molecule has 5 rings (SSSR count). The van der Waals surface area contributed by atoms with E-state index in [9.17, 15) is 4.79 Å². The summed E-state index contributed by atoms with van der Waals surface area (Å²) in [6, 6.07) is 17.7. The Labute approximate surface area is 172 Å².